The lowest BCUT2D eigenvalue weighted by atomic mass is 10.1. The van der Waals surface area contributed by atoms with Crippen LogP contribution in [0.4, 0.5) is 0 Å². The molecule has 1 aromatic carbocycles. The third-order valence-electron chi connectivity index (χ3n) is 2.44. The van der Waals surface area contributed by atoms with Crippen LogP contribution in [-0.4, -0.2) is 18.4 Å². The van der Waals surface area contributed by atoms with Crippen LogP contribution >= 0.6 is 11.6 Å². The largest absolute Gasteiger partial charge is 0.489 e. The SMILES string of the molecule is NCCC(=O)c1ccc(OC2CC2)c(Cl)c1. The molecule has 0 radical (unpaired) electrons. The summed E-state index contributed by atoms with van der Waals surface area (Å²) in [4.78, 5) is 11.6. The highest BCUT2D eigenvalue weighted by Crippen LogP contribution is 2.32. The molecule has 0 atom stereocenters. The topological polar surface area (TPSA) is 52.3 Å². The van der Waals surface area contributed by atoms with Crippen molar-refractivity contribution in [1.82, 2.24) is 0 Å². The number of ether oxygens (including phenoxy) is 1. The first-order valence-electron chi connectivity index (χ1n) is 5.40. The maximum atomic E-state index is 11.6. The number of ketones is 1. The number of rotatable bonds is 5. The number of hydrogen-bond donors (Lipinski definition) is 1. The van der Waals surface area contributed by atoms with Crippen LogP contribution in [0, 0.1) is 0 Å². The van der Waals surface area contributed by atoms with E-state index in [1.165, 1.54) is 0 Å². The van der Waals surface area contributed by atoms with Crippen molar-refractivity contribution in [3.8, 4) is 5.75 Å². The van der Waals surface area contributed by atoms with Crippen LogP contribution in [0.15, 0.2) is 18.2 Å². The molecule has 1 aliphatic carbocycles. The smallest absolute Gasteiger partial charge is 0.164 e. The zero-order chi connectivity index (χ0) is 11.5. The molecule has 1 aromatic rings. The molecule has 0 spiro atoms. The van der Waals surface area contributed by atoms with Crippen molar-refractivity contribution in [2.75, 3.05) is 6.54 Å². The first-order chi connectivity index (χ1) is 7.70. The first kappa shape index (κ1) is 11.4. The molecule has 86 valence electrons. The molecule has 1 saturated carbocycles. The lowest BCUT2D eigenvalue weighted by Gasteiger charge is -2.07. The molecular formula is C12H14ClNO2. The van der Waals surface area contributed by atoms with Gasteiger partial charge in [-0.15, -0.1) is 0 Å². The van der Waals surface area contributed by atoms with Crippen LogP contribution in [0.5, 0.6) is 5.75 Å². The average Bonchev–Trinajstić information content (AvgIpc) is 3.05. The van der Waals surface area contributed by atoms with E-state index in [2.05, 4.69) is 0 Å². The minimum absolute atomic E-state index is 0.0161. The van der Waals surface area contributed by atoms with Gasteiger partial charge in [-0.05, 0) is 37.6 Å². The second-order valence-electron chi connectivity index (χ2n) is 3.92. The molecule has 0 aliphatic heterocycles. The van der Waals surface area contributed by atoms with Crippen molar-refractivity contribution < 1.29 is 9.53 Å². The number of carbonyl (C=O) groups excluding carboxylic acids is 1. The molecule has 0 saturated heterocycles. The molecule has 0 amide bonds. The van der Waals surface area contributed by atoms with Crippen molar-refractivity contribution in [2.24, 2.45) is 5.73 Å². The summed E-state index contributed by atoms with van der Waals surface area (Å²) in [5.41, 5.74) is 5.93. The molecule has 1 fully saturated rings. The van der Waals surface area contributed by atoms with Crippen molar-refractivity contribution in [1.29, 1.82) is 0 Å². The molecule has 2 rings (SSSR count). The van der Waals surface area contributed by atoms with Crippen LogP contribution in [-0.2, 0) is 0 Å². The highest BCUT2D eigenvalue weighted by molar-refractivity contribution is 6.32. The van der Waals surface area contributed by atoms with Gasteiger partial charge in [-0.3, -0.25) is 4.79 Å². The minimum atomic E-state index is 0.0161. The van der Waals surface area contributed by atoms with Gasteiger partial charge in [-0.25, -0.2) is 0 Å². The quantitative estimate of drug-likeness (QED) is 0.803. The van der Waals surface area contributed by atoms with E-state index in [4.69, 9.17) is 22.1 Å². The van der Waals surface area contributed by atoms with E-state index in [1.807, 2.05) is 0 Å². The molecule has 0 aromatic heterocycles. The normalized spacial score (nSPS) is 14.9. The second kappa shape index (κ2) is 4.85. The number of Topliss-reactive ketones (excluding diaryl/α,β-unsaturated/α-hetero) is 1. The summed E-state index contributed by atoms with van der Waals surface area (Å²) >= 11 is 6.04. The molecule has 3 nitrogen and oxygen atoms in total. The van der Waals surface area contributed by atoms with Crippen LogP contribution in [0.1, 0.15) is 29.6 Å². The fourth-order valence-corrected chi connectivity index (χ4v) is 1.64. The van der Waals surface area contributed by atoms with E-state index in [0.717, 1.165) is 12.8 Å². The van der Waals surface area contributed by atoms with Gasteiger partial charge in [0.1, 0.15) is 5.75 Å². The minimum Gasteiger partial charge on any atom is -0.489 e. The number of carbonyl (C=O) groups is 1. The number of nitrogens with two attached hydrogens (primary N) is 1. The van der Waals surface area contributed by atoms with Gasteiger partial charge in [0.15, 0.2) is 5.78 Å². The summed E-state index contributed by atoms with van der Waals surface area (Å²) in [6.45, 7) is 0.358. The molecular weight excluding hydrogens is 226 g/mol. The van der Waals surface area contributed by atoms with E-state index in [0.29, 0.717) is 35.4 Å². The third kappa shape index (κ3) is 2.74. The van der Waals surface area contributed by atoms with Crippen molar-refractivity contribution in [3.63, 3.8) is 0 Å². The number of hydrogen-bond acceptors (Lipinski definition) is 3. The zero-order valence-corrected chi connectivity index (χ0v) is 9.67. The Balaban J connectivity index is 2.11. The lowest BCUT2D eigenvalue weighted by molar-refractivity contribution is 0.0985. The Hall–Kier alpha value is -1.06. The maximum absolute atomic E-state index is 11.6. The van der Waals surface area contributed by atoms with Crippen LogP contribution in [0.25, 0.3) is 0 Å². The van der Waals surface area contributed by atoms with Crippen molar-refractivity contribution in [3.05, 3.63) is 28.8 Å². The number of benzene rings is 1. The van der Waals surface area contributed by atoms with E-state index < -0.39 is 0 Å². The van der Waals surface area contributed by atoms with Crippen molar-refractivity contribution >= 4 is 17.4 Å². The molecule has 16 heavy (non-hydrogen) atoms. The van der Waals surface area contributed by atoms with Gasteiger partial charge >= 0.3 is 0 Å². The van der Waals surface area contributed by atoms with Crippen LogP contribution < -0.4 is 10.5 Å². The fraction of sp³-hybridized carbons (Fsp3) is 0.417. The van der Waals surface area contributed by atoms with Gasteiger partial charge in [-0.2, -0.15) is 0 Å². The molecule has 0 unspecified atom stereocenters. The van der Waals surface area contributed by atoms with Gasteiger partial charge in [0.25, 0.3) is 0 Å². The highest BCUT2D eigenvalue weighted by Gasteiger charge is 2.24. The Labute approximate surface area is 99.5 Å². The molecule has 0 bridgehead atoms. The van der Waals surface area contributed by atoms with E-state index >= 15 is 0 Å². The summed E-state index contributed by atoms with van der Waals surface area (Å²) in [6.07, 6.45) is 2.83. The Morgan fingerprint density at radius 1 is 1.50 bits per heavy atom. The molecule has 1 aliphatic rings. The second-order valence-corrected chi connectivity index (χ2v) is 4.33. The predicted octanol–water partition coefficient (Wildman–Crippen LogP) is 2.41. The van der Waals surface area contributed by atoms with Gasteiger partial charge in [-0.1, -0.05) is 11.6 Å². The Morgan fingerprint density at radius 2 is 2.25 bits per heavy atom. The van der Waals surface area contributed by atoms with E-state index in [-0.39, 0.29) is 5.78 Å². The first-order valence-corrected chi connectivity index (χ1v) is 5.78. The monoisotopic (exact) mass is 239 g/mol. The van der Waals surface area contributed by atoms with Gasteiger partial charge < -0.3 is 10.5 Å². The maximum Gasteiger partial charge on any atom is 0.164 e. The molecule has 0 heterocycles. The van der Waals surface area contributed by atoms with E-state index in [9.17, 15) is 4.79 Å². The average molecular weight is 240 g/mol. The Morgan fingerprint density at radius 3 is 2.81 bits per heavy atom. The Kier molecular flexibility index (Phi) is 3.46. The predicted molar refractivity (Wildman–Crippen MR) is 63.1 cm³/mol. The highest BCUT2D eigenvalue weighted by atomic mass is 35.5. The molecule has 2 N–H and O–H groups in total. The summed E-state index contributed by atoms with van der Waals surface area (Å²) in [5, 5.41) is 0.495. The zero-order valence-electron chi connectivity index (χ0n) is 8.91. The van der Waals surface area contributed by atoms with Crippen LogP contribution in [0.2, 0.25) is 5.02 Å². The van der Waals surface area contributed by atoms with Gasteiger partial charge in [0.2, 0.25) is 0 Å². The van der Waals surface area contributed by atoms with Gasteiger partial charge in [0, 0.05) is 12.0 Å². The molecule has 4 heteroatoms. The standard InChI is InChI=1S/C12H14ClNO2/c13-10-7-8(11(15)5-6-14)1-4-12(10)16-9-2-3-9/h1,4,7,9H,2-3,5-6,14H2. The fourth-order valence-electron chi connectivity index (χ4n) is 1.41. The summed E-state index contributed by atoms with van der Waals surface area (Å²) < 4.78 is 5.58. The van der Waals surface area contributed by atoms with Gasteiger partial charge in [0.05, 0.1) is 11.1 Å². The number of halogens is 1. The summed E-state index contributed by atoms with van der Waals surface area (Å²) in [7, 11) is 0. The van der Waals surface area contributed by atoms with E-state index in [1.54, 1.807) is 18.2 Å². The summed E-state index contributed by atoms with van der Waals surface area (Å²) in [6, 6.07) is 5.14. The Bertz CT molecular complexity index is 402. The van der Waals surface area contributed by atoms with Crippen molar-refractivity contribution in [2.45, 2.75) is 25.4 Å². The summed E-state index contributed by atoms with van der Waals surface area (Å²) in [5.74, 6) is 0.677. The third-order valence-corrected chi connectivity index (χ3v) is 2.74. The lowest BCUT2D eigenvalue weighted by Crippen LogP contribution is -2.08. The van der Waals surface area contributed by atoms with Crippen LogP contribution in [0.3, 0.4) is 0 Å².